The summed E-state index contributed by atoms with van der Waals surface area (Å²) in [4.78, 5) is 19.7. The highest BCUT2D eigenvalue weighted by molar-refractivity contribution is 14.1. The van der Waals surface area contributed by atoms with Gasteiger partial charge in [0.15, 0.2) is 6.10 Å². The third-order valence-corrected chi connectivity index (χ3v) is 8.67. The summed E-state index contributed by atoms with van der Waals surface area (Å²) < 4.78 is 105. The standard InChI is InChI=1S/C23H28F3NO6.C12H9F3INO/c1-3-30-20(22(28)29)13-32-18-9-5-8-17(11-18)31-12-19-14(2)33-21(27-19)15-6-4-7-16(10-15)23(24,25)26;1-7-10(6-16)17-11(18-7)8-3-2-4-9(5-8)12(13,14)15/h4,6-7,10,17-18,20H,3,5,8-9,11-13H2,1-2H3,(H,28,29);2-5H,6H2,1H3/t17-,18+,20?;/m0./s1. The minimum Gasteiger partial charge on any atom is -0.479 e. The van der Waals surface area contributed by atoms with Gasteiger partial charge in [0, 0.05) is 22.2 Å². The molecule has 1 fully saturated rings. The second kappa shape index (κ2) is 17.8. The summed E-state index contributed by atoms with van der Waals surface area (Å²) in [6, 6.07) is 9.81. The van der Waals surface area contributed by atoms with E-state index < -0.39 is 35.6 Å². The average Bonchev–Trinajstić information content (AvgIpc) is 3.66. The maximum absolute atomic E-state index is 13.0. The molecule has 1 N–H and O–H groups in total. The number of aromatic nitrogens is 2. The molecule has 0 amide bonds. The lowest BCUT2D eigenvalue weighted by Gasteiger charge is -2.29. The van der Waals surface area contributed by atoms with Crippen LogP contribution in [-0.2, 0) is 42.4 Å². The van der Waals surface area contributed by atoms with Gasteiger partial charge in [-0.15, -0.1) is 0 Å². The molecule has 1 unspecified atom stereocenters. The van der Waals surface area contributed by atoms with Gasteiger partial charge < -0.3 is 28.2 Å². The molecule has 0 aliphatic heterocycles. The normalized spacial score (nSPS) is 17.1. The van der Waals surface area contributed by atoms with Crippen molar-refractivity contribution in [3.63, 3.8) is 0 Å². The van der Waals surface area contributed by atoms with Crippen molar-refractivity contribution in [3.8, 4) is 22.9 Å². The summed E-state index contributed by atoms with van der Waals surface area (Å²) in [5.74, 6) is 0.394. The molecule has 1 aliphatic rings. The van der Waals surface area contributed by atoms with Gasteiger partial charge in [-0.25, -0.2) is 14.8 Å². The number of aliphatic carboxylic acids is 1. The van der Waals surface area contributed by atoms with Crippen LogP contribution in [0, 0.1) is 13.8 Å². The molecule has 0 spiro atoms. The first-order valence-electron chi connectivity index (χ1n) is 16.0. The van der Waals surface area contributed by atoms with Gasteiger partial charge >= 0.3 is 18.3 Å². The van der Waals surface area contributed by atoms with Crippen molar-refractivity contribution in [2.24, 2.45) is 0 Å². The van der Waals surface area contributed by atoms with E-state index >= 15 is 0 Å². The lowest BCUT2D eigenvalue weighted by molar-refractivity contribution is -0.157. The number of oxazole rings is 2. The van der Waals surface area contributed by atoms with Gasteiger partial charge in [-0.2, -0.15) is 26.3 Å². The molecule has 3 atom stereocenters. The predicted octanol–water partition coefficient (Wildman–Crippen LogP) is 9.61. The number of carbonyl (C=O) groups is 1. The molecule has 4 aromatic rings. The van der Waals surface area contributed by atoms with Crippen LogP contribution in [0.2, 0.25) is 0 Å². The van der Waals surface area contributed by atoms with Crippen LogP contribution in [0.5, 0.6) is 0 Å². The van der Waals surface area contributed by atoms with Crippen molar-refractivity contribution < 1.29 is 59.3 Å². The van der Waals surface area contributed by atoms with Gasteiger partial charge in [0.1, 0.15) is 17.2 Å². The van der Waals surface area contributed by atoms with Crippen LogP contribution in [-0.4, -0.2) is 52.6 Å². The zero-order chi connectivity index (χ0) is 37.3. The number of alkyl halides is 7. The number of hydrogen-bond acceptors (Lipinski definition) is 8. The highest BCUT2D eigenvalue weighted by Crippen LogP contribution is 2.34. The van der Waals surface area contributed by atoms with Gasteiger partial charge in [-0.3, -0.25) is 0 Å². The molecule has 2 aromatic carbocycles. The fourth-order valence-electron chi connectivity index (χ4n) is 5.24. The Kier molecular flexibility index (Phi) is 14.1. The van der Waals surface area contributed by atoms with Gasteiger partial charge in [-0.05, 0) is 82.9 Å². The number of ether oxygens (including phenoxy) is 3. The fraction of sp³-hybridized carbons (Fsp3) is 0.457. The molecule has 0 bridgehead atoms. The molecule has 51 heavy (non-hydrogen) atoms. The van der Waals surface area contributed by atoms with E-state index in [1.807, 2.05) is 0 Å². The third-order valence-electron chi connectivity index (χ3n) is 7.95. The highest BCUT2D eigenvalue weighted by atomic mass is 127. The topological polar surface area (TPSA) is 117 Å². The van der Waals surface area contributed by atoms with Crippen molar-refractivity contribution in [3.05, 3.63) is 82.6 Å². The number of carboxylic acids is 1. The van der Waals surface area contributed by atoms with E-state index in [1.165, 1.54) is 18.2 Å². The van der Waals surface area contributed by atoms with Gasteiger partial charge in [0.05, 0.1) is 42.2 Å². The van der Waals surface area contributed by atoms with Crippen LogP contribution >= 0.6 is 22.6 Å². The zero-order valence-corrected chi connectivity index (χ0v) is 30.1. The third kappa shape index (κ3) is 11.5. The van der Waals surface area contributed by atoms with Crippen molar-refractivity contribution in [2.75, 3.05) is 13.2 Å². The molecule has 9 nitrogen and oxygen atoms in total. The Morgan fingerprint density at radius 1 is 0.882 bits per heavy atom. The Morgan fingerprint density at radius 3 is 1.86 bits per heavy atom. The van der Waals surface area contributed by atoms with Crippen LogP contribution < -0.4 is 0 Å². The monoisotopic (exact) mass is 838 g/mol. The van der Waals surface area contributed by atoms with Crippen LogP contribution in [0.1, 0.15) is 66.6 Å². The SMILES string of the molecule is CCOC(CO[C@@H]1CCC[C@H](OCc2nc(-c3cccc(C(F)(F)F)c3)oc2C)C1)C(=O)O.Cc1oc(-c2cccc(C(F)(F)F)c2)nc1CI. The highest BCUT2D eigenvalue weighted by Gasteiger charge is 2.32. The Morgan fingerprint density at radius 2 is 1.39 bits per heavy atom. The quantitative estimate of drug-likeness (QED) is 0.0846. The summed E-state index contributed by atoms with van der Waals surface area (Å²) >= 11 is 2.13. The molecule has 2 heterocycles. The van der Waals surface area contributed by atoms with E-state index in [2.05, 4.69) is 32.6 Å². The Labute approximate surface area is 303 Å². The first-order chi connectivity index (χ1) is 24.1. The lowest BCUT2D eigenvalue weighted by Crippen LogP contribution is -2.34. The molecular weight excluding hydrogens is 801 g/mol. The molecule has 1 aliphatic carbocycles. The Hall–Kier alpha value is -3.48. The molecule has 0 saturated heterocycles. The van der Waals surface area contributed by atoms with Crippen LogP contribution in [0.25, 0.3) is 22.9 Å². The predicted molar refractivity (Wildman–Crippen MR) is 181 cm³/mol. The van der Waals surface area contributed by atoms with Crippen LogP contribution in [0.15, 0.2) is 57.4 Å². The largest absolute Gasteiger partial charge is 0.479 e. The van der Waals surface area contributed by atoms with Crippen molar-refractivity contribution in [2.45, 2.75) is 88.2 Å². The molecule has 1 saturated carbocycles. The number of aryl methyl sites for hydroxylation is 2. The smallest absolute Gasteiger partial charge is 0.416 e. The Balaban J connectivity index is 0.000000272. The van der Waals surface area contributed by atoms with E-state index in [-0.39, 0.29) is 49.4 Å². The lowest BCUT2D eigenvalue weighted by atomic mass is 9.95. The van der Waals surface area contributed by atoms with E-state index in [4.69, 9.17) is 28.2 Å². The molecule has 16 heteroatoms. The van der Waals surface area contributed by atoms with E-state index in [0.29, 0.717) is 33.6 Å². The summed E-state index contributed by atoms with van der Waals surface area (Å²) in [6.45, 7) is 5.58. The summed E-state index contributed by atoms with van der Waals surface area (Å²) in [7, 11) is 0. The molecule has 5 rings (SSSR count). The van der Waals surface area contributed by atoms with E-state index in [0.717, 1.165) is 49.2 Å². The molecule has 0 radical (unpaired) electrons. The van der Waals surface area contributed by atoms with Crippen molar-refractivity contribution in [1.82, 2.24) is 9.97 Å². The fourth-order valence-corrected chi connectivity index (χ4v) is 5.94. The second-order valence-electron chi connectivity index (χ2n) is 11.7. The minimum atomic E-state index is -4.45. The van der Waals surface area contributed by atoms with E-state index in [1.54, 1.807) is 26.8 Å². The number of carboxylic acid groups (broad SMARTS) is 1. The van der Waals surface area contributed by atoms with Gasteiger partial charge in [-0.1, -0.05) is 34.7 Å². The summed E-state index contributed by atoms with van der Waals surface area (Å²) in [5.41, 5.74) is 0.385. The van der Waals surface area contributed by atoms with Crippen molar-refractivity contribution in [1.29, 1.82) is 0 Å². The number of halogens is 7. The molecule has 278 valence electrons. The maximum Gasteiger partial charge on any atom is 0.416 e. The first kappa shape index (κ1) is 40.3. The zero-order valence-electron chi connectivity index (χ0n) is 27.9. The number of benzene rings is 2. The summed E-state index contributed by atoms with van der Waals surface area (Å²) in [6.07, 6.45) is -6.93. The van der Waals surface area contributed by atoms with Gasteiger partial charge in [0.2, 0.25) is 11.8 Å². The molecule has 2 aromatic heterocycles. The van der Waals surface area contributed by atoms with E-state index in [9.17, 15) is 31.1 Å². The average molecular weight is 839 g/mol. The number of hydrogen-bond donors (Lipinski definition) is 1. The first-order valence-corrected chi connectivity index (χ1v) is 17.5. The maximum atomic E-state index is 13.0. The second-order valence-corrected chi connectivity index (χ2v) is 12.4. The minimum absolute atomic E-state index is 0.0245. The van der Waals surface area contributed by atoms with Crippen LogP contribution in [0.3, 0.4) is 0 Å². The van der Waals surface area contributed by atoms with Crippen LogP contribution in [0.4, 0.5) is 26.3 Å². The molecular formula is C35H37F6IN2O7. The Bertz CT molecular complexity index is 1740. The summed E-state index contributed by atoms with van der Waals surface area (Å²) in [5, 5.41) is 9.16. The van der Waals surface area contributed by atoms with Crippen molar-refractivity contribution >= 4 is 28.6 Å². The number of rotatable bonds is 12. The van der Waals surface area contributed by atoms with Gasteiger partial charge in [0.25, 0.3) is 0 Å². The number of nitrogens with zero attached hydrogens (tertiary/aromatic N) is 2.